The third kappa shape index (κ3) is 5.33. The molecule has 1 fully saturated rings. The number of nitrogens with one attached hydrogen (secondary N) is 1. The fourth-order valence-corrected chi connectivity index (χ4v) is 3.59. The SMILES string of the molecule is O=C(NCc1ccc(C(=O)N2CCN(CC(F)F)CC2)cc1)c1cccs1. The van der Waals surface area contributed by atoms with E-state index >= 15 is 0 Å². The minimum absolute atomic E-state index is 0.0964. The van der Waals surface area contributed by atoms with Crippen molar-refractivity contribution in [2.24, 2.45) is 0 Å². The van der Waals surface area contributed by atoms with Gasteiger partial charge in [0.2, 0.25) is 0 Å². The number of amides is 2. The summed E-state index contributed by atoms with van der Waals surface area (Å²) in [4.78, 5) is 28.5. The fraction of sp³-hybridized carbons (Fsp3) is 0.368. The largest absolute Gasteiger partial charge is 0.347 e. The molecule has 1 saturated heterocycles. The molecule has 0 atom stereocenters. The molecule has 144 valence electrons. The van der Waals surface area contributed by atoms with Crippen LogP contribution in [0.1, 0.15) is 25.6 Å². The van der Waals surface area contributed by atoms with E-state index in [4.69, 9.17) is 0 Å². The van der Waals surface area contributed by atoms with Crippen LogP contribution >= 0.6 is 11.3 Å². The number of hydrogen-bond donors (Lipinski definition) is 1. The van der Waals surface area contributed by atoms with Crippen LogP contribution in [-0.4, -0.2) is 60.8 Å². The standard InChI is InChI=1S/C19H21F2N3O2S/c20-17(21)13-23-7-9-24(10-8-23)19(26)15-5-3-14(4-6-15)12-22-18(25)16-2-1-11-27-16/h1-6,11,17H,7-10,12-13H2,(H,22,25). The van der Waals surface area contributed by atoms with Crippen LogP contribution in [0.25, 0.3) is 0 Å². The van der Waals surface area contributed by atoms with Crippen molar-refractivity contribution in [2.75, 3.05) is 32.7 Å². The number of thiophene rings is 1. The van der Waals surface area contributed by atoms with Gasteiger partial charge >= 0.3 is 0 Å². The number of carbonyl (C=O) groups excluding carboxylic acids is 2. The molecule has 2 heterocycles. The summed E-state index contributed by atoms with van der Waals surface area (Å²) >= 11 is 1.38. The third-order valence-electron chi connectivity index (χ3n) is 4.45. The second-order valence-corrected chi connectivity index (χ2v) is 7.29. The van der Waals surface area contributed by atoms with Crippen molar-refractivity contribution in [1.29, 1.82) is 0 Å². The Balaban J connectivity index is 1.50. The predicted octanol–water partition coefficient (Wildman–Crippen LogP) is 2.70. The molecule has 2 amide bonds. The van der Waals surface area contributed by atoms with E-state index in [1.54, 1.807) is 28.0 Å². The summed E-state index contributed by atoms with van der Waals surface area (Å²) < 4.78 is 24.8. The van der Waals surface area contributed by atoms with E-state index in [9.17, 15) is 18.4 Å². The first-order valence-corrected chi connectivity index (χ1v) is 9.61. The molecule has 1 aromatic heterocycles. The second-order valence-electron chi connectivity index (χ2n) is 6.34. The van der Waals surface area contributed by atoms with Crippen LogP contribution in [0.2, 0.25) is 0 Å². The average molecular weight is 393 g/mol. The molecular weight excluding hydrogens is 372 g/mol. The molecule has 8 heteroatoms. The number of benzene rings is 1. The quantitative estimate of drug-likeness (QED) is 0.821. The molecule has 2 aromatic rings. The molecule has 0 saturated carbocycles. The Kier molecular flexibility index (Phi) is 6.52. The third-order valence-corrected chi connectivity index (χ3v) is 5.32. The molecule has 0 radical (unpaired) electrons. The molecule has 5 nitrogen and oxygen atoms in total. The fourth-order valence-electron chi connectivity index (χ4n) is 2.95. The number of halogens is 2. The number of carbonyl (C=O) groups is 2. The summed E-state index contributed by atoms with van der Waals surface area (Å²) in [5, 5.41) is 4.69. The summed E-state index contributed by atoms with van der Waals surface area (Å²) in [5.41, 5.74) is 1.46. The zero-order valence-electron chi connectivity index (χ0n) is 14.7. The minimum Gasteiger partial charge on any atom is -0.347 e. The minimum atomic E-state index is -2.35. The maximum Gasteiger partial charge on any atom is 0.261 e. The van der Waals surface area contributed by atoms with Crippen molar-refractivity contribution >= 4 is 23.2 Å². The Hall–Kier alpha value is -2.32. The lowest BCUT2D eigenvalue weighted by atomic mass is 10.1. The Bertz CT molecular complexity index is 758. The van der Waals surface area contributed by atoms with Crippen LogP contribution in [0.4, 0.5) is 8.78 Å². The maximum absolute atomic E-state index is 12.6. The van der Waals surface area contributed by atoms with Crippen molar-refractivity contribution in [1.82, 2.24) is 15.1 Å². The number of rotatable bonds is 6. The molecule has 0 spiro atoms. The van der Waals surface area contributed by atoms with E-state index in [2.05, 4.69) is 5.32 Å². The lowest BCUT2D eigenvalue weighted by Crippen LogP contribution is -2.49. The van der Waals surface area contributed by atoms with Crippen molar-refractivity contribution in [3.8, 4) is 0 Å². The van der Waals surface area contributed by atoms with Gasteiger partial charge in [-0.05, 0) is 29.1 Å². The molecular formula is C19H21F2N3O2S. The first-order valence-electron chi connectivity index (χ1n) is 8.73. The van der Waals surface area contributed by atoms with Crippen LogP contribution in [0.15, 0.2) is 41.8 Å². The molecule has 3 rings (SSSR count). The van der Waals surface area contributed by atoms with E-state index in [1.807, 2.05) is 23.6 Å². The van der Waals surface area contributed by atoms with Gasteiger partial charge in [-0.3, -0.25) is 14.5 Å². The lowest BCUT2D eigenvalue weighted by molar-refractivity contribution is 0.0459. The Morgan fingerprint density at radius 1 is 1.07 bits per heavy atom. The summed E-state index contributed by atoms with van der Waals surface area (Å²) in [7, 11) is 0. The Morgan fingerprint density at radius 2 is 1.78 bits per heavy atom. The summed E-state index contributed by atoms with van der Waals surface area (Å²) in [6.07, 6.45) is -2.35. The van der Waals surface area contributed by atoms with Gasteiger partial charge in [-0.1, -0.05) is 18.2 Å². The van der Waals surface area contributed by atoms with Crippen LogP contribution in [0, 0.1) is 0 Å². The van der Waals surface area contributed by atoms with Gasteiger partial charge in [0.25, 0.3) is 18.2 Å². The van der Waals surface area contributed by atoms with Gasteiger partial charge in [0.1, 0.15) is 0 Å². The van der Waals surface area contributed by atoms with Gasteiger partial charge in [-0.15, -0.1) is 11.3 Å². The van der Waals surface area contributed by atoms with Crippen LogP contribution in [-0.2, 0) is 6.54 Å². The monoisotopic (exact) mass is 393 g/mol. The predicted molar refractivity (Wildman–Crippen MR) is 100 cm³/mol. The molecule has 1 aliphatic heterocycles. The van der Waals surface area contributed by atoms with Crippen molar-refractivity contribution in [2.45, 2.75) is 13.0 Å². The van der Waals surface area contributed by atoms with E-state index < -0.39 is 6.43 Å². The lowest BCUT2D eigenvalue weighted by Gasteiger charge is -2.34. The first kappa shape index (κ1) is 19.4. The Labute approximate surface area is 160 Å². The summed E-state index contributed by atoms with van der Waals surface area (Å²) in [6, 6.07) is 10.7. The van der Waals surface area contributed by atoms with E-state index in [0.29, 0.717) is 43.2 Å². The van der Waals surface area contributed by atoms with Gasteiger partial charge in [-0.25, -0.2) is 8.78 Å². The average Bonchev–Trinajstić information content (AvgIpc) is 3.21. The van der Waals surface area contributed by atoms with Crippen molar-refractivity contribution in [3.63, 3.8) is 0 Å². The van der Waals surface area contributed by atoms with Gasteiger partial charge in [0, 0.05) is 38.3 Å². The number of alkyl halides is 2. The molecule has 1 aromatic carbocycles. The van der Waals surface area contributed by atoms with E-state index in [-0.39, 0.29) is 18.4 Å². The molecule has 27 heavy (non-hydrogen) atoms. The highest BCUT2D eigenvalue weighted by molar-refractivity contribution is 7.12. The number of nitrogens with zero attached hydrogens (tertiary/aromatic N) is 2. The molecule has 0 unspecified atom stereocenters. The smallest absolute Gasteiger partial charge is 0.261 e. The van der Waals surface area contributed by atoms with Crippen molar-refractivity contribution < 1.29 is 18.4 Å². The molecule has 0 bridgehead atoms. The molecule has 1 aliphatic rings. The zero-order valence-corrected chi connectivity index (χ0v) is 15.6. The summed E-state index contributed by atoms with van der Waals surface area (Å²) in [6.45, 7) is 1.96. The van der Waals surface area contributed by atoms with Crippen LogP contribution in [0.5, 0.6) is 0 Å². The molecule has 0 aliphatic carbocycles. The van der Waals surface area contributed by atoms with Crippen molar-refractivity contribution in [3.05, 3.63) is 57.8 Å². The maximum atomic E-state index is 12.6. The Morgan fingerprint density at radius 3 is 2.37 bits per heavy atom. The van der Waals surface area contributed by atoms with Crippen LogP contribution < -0.4 is 5.32 Å². The highest BCUT2D eigenvalue weighted by atomic mass is 32.1. The highest BCUT2D eigenvalue weighted by Gasteiger charge is 2.23. The van der Waals surface area contributed by atoms with Gasteiger partial charge in [0.05, 0.1) is 11.4 Å². The molecule has 1 N–H and O–H groups in total. The topological polar surface area (TPSA) is 52.7 Å². The van der Waals surface area contributed by atoms with E-state index in [1.165, 1.54) is 11.3 Å². The highest BCUT2D eigenvalue weighted by Crippen LogP contribution is 2.12. The summed E-state index contributed by atoms with van der Waals surface area (Å²) in [5.74, 6) is -0.215. The van der Waals surface area contributed by atoms with Gasteiger partial charge in [0.15, 0.2) is 0 Å². The number of piperazine rings is 1. The van der Waals surface area contributed by atoms with Crippen LogP contribution in [0.3, 0.4) is 0 Å². The number of hydrogen-bond acceptors (Lipinski definition) is 4. The second kappa shape index (κ2) is 9.05. The van der Waals surface area contributed by atoms with Gasteiger partial charge in [-0.2, -0.15) is 0 Å². The normalized spacial score (nSPS) is 15.1. The van der Waals surface area contributed by atoms with E-state index in [0.717, 1.165) is 5.56 Å². The zero-order chi connectivity index (χ0) is 19.2. The van der Waals surface area contributed by atoms with Gasteiger partial charge < -0.3 is 10.2 Å². The first-order chi connectivity index (χ1) is 13.0.